The summed E-state index contributed by atoms with van der Waals surface area (Å²) in [6.07, 6.45) is 0. The van der Waals surface area contributed by atoms with Gasteiger partial charge in [-0.25, -0.2) is 4.39 Å². The predicted molar refractivity (Wildman–Crippen MR) is 59.6 cm³/mol. The maximum Gasteiger partial charge on any atom is 0.308 e. The first-order valence-electron chi connectivity index (χ1n) is 5.08. The molecule has 1 rings (SSSR count). The maximum absolute atomic E-state index is 12.8. The first-order chi connectivity index (χ1) is 7.43. The number of carbonyl (C=O) groups is 1. The summed E-state index contributed by atoms with van der Waals surface area (Å²) in [5, 5.41) is 9.02. The van der Waals surface area contributed by atoms with Crippen LogP contribution in [0, 0.1) is 11.7 Å². The standard InChI is InChI=1S/C12H16FNO2/c1-8(12(15)16)11(14(2)3)9-4-6-10(13)7-5-9/h4-8,11H,1-3H3,(H,15,16). The monoisotopic (exact) mass is 225 g/mol. The molecule has 2 atom stereocenters. The third-order valence-electron chi connectivity index (χ3n) is 2.63. The topological polar surface area (TPSA) is 40.5 Å². The highest BCUT2D eigenvalue weighted by molar-refractivity contribution is 5.70. The maximum atomic E-state index is 12.8. The lowest BCUT2D eigenvalue weighted by Gasteiger charge is -2.28. The molecule has 0 aliphatic carbocycles. The van der Waals surface area contributed by atoms with Gasteiger partial charge >= 0.3 is 5.97 Å². The van der Waals surface area contributed by atoms with Crippen LogP contribution in [0.15, 0.2) is 24.3 Å². The molecule has 0 radical (unpaired) electrons. The van der Waals surface area contributed by atoms with Crippen molar-refractivity contribution in [1.82, 2.24) is 4.90 Å². The summed E-state index contributed by atoms with van der Waals surface area (Å²) in [5.74, 6) is -1.72. The number of hydrogen-bond acceptors (Lipinski definition) is 2. The Morgan fingerprint density at radius 1 is 1.31 bits per heavy atom. The first-order valence-corrected chi connectivity index (χ1v) is 5.08. The average Bonchev–Trinajstić information content (AvgIpc) is 2.20. The van der Waals surface area contributed by atoms with Gasteiger partial charge in [-0.15, -0.1) is 0 Å². The van der Waals surface area contributed by atoms with Gasteiger partial charge in [0.1, 0.15) is 5.82 Å². The molecular formula is C12H16FNO2. The van der Waals surface area contributed by atoms with Crippen molar-refractivity contribution in [1.29, 1.82) is 0 Å². The molecule has 0 aliphatic rings. The Morgan fingerprint density at radius 2 is 1.81 bits per heavy atom. The lowest BCUT2D eigenvalue weighted by Crippen LogP contribution is -2.30. The number of halogens is 1. The normalized spacial score (nSPS) is 14.8. The van der Waals surface area contributed by atoms with E-state index in [4.69, 9.17) is 5.11 Å². The molecule has 0 aliphatic heterocycles. The van der Waals surface area contributed by atoms with E-state index >= 15 is 0 Å². The Labute approximate surface area is 94.5 Å². The molecule has 0 spiro atoms. The van der Waals surface area contributed by atoms with Crippen LogP contribution in [0.25, 0.3) is 0 Å². The SMILES string of the molecule is CC(C(=O)O)C(c1ccc(F)cc1)N(C)C. The van der Waals surface area contributed by atoms with Crippen LogP contribution >= 0.6 is 0 Å². The van der Waals surface area contributed by atoms with Crippen LogP contribution in [0.2, 0.25) is 0 Å². The number of carboxylic acids is 1. The molecule has 0 fully saturated rings. The van der Waals surface area contributed by atoms with Crippen molar-refractivity contribution in [2.75, 3.05) is 14.1 Å². The molecule has 0 bridgehead atoms. The summed E-state index contributed by atoms with van der Waals surface area (Å²) in [5.41, 5.74) is 0.807. The second kappa shape index (κ2) is 5.07. The summed E-state index contributed by atoms with van der Waals surface area (Å²) in [6.45, 7) is 1.65. The fourth-order valence-corrected chi connectivity index (χ4v) is 1.83. The van der Waals surface area contributed by atoms with Crippen molar-refractivity contribution < 1.29 is 14.3 Å². The van der Waals surface area contributed by atoms with Crippen LogP contribution < -0.4 is 0 Å². The highest BCUT2D eigenvalue weighted by atomic mass is 19.1. The van der Waals surface area contributed by atoms with E-state index in [1.165, 1.54) is 12.1 Å². The van der Waals surface area contributed by atoms with Crippen molar-refractivity contribution in [2.45, 2.75) is 13.0 Å². The Morgan fingerprint density at radius 3 is 2.19 bits per heavy atom. The lowest BCUT2D eigenvalue weighted by atomic mass is 9.93. The number of hydrogen-bond donors (Lipinski definition) is 1. The number of carboxylic acid groups (broad SMARTS) is 1. The Hall–Kier alpha value is -1.42. The van der Waals surface area contributed by atoms with Gasteiger partial charge in [0.2, 0.25) is 0 Å². The van der Waals surface area contributed by atoms with Gasteiger partial charge in [0.25, 0.3) is 0 Å². The van der Waals surface area contributed by atoms with Crippen LogP contribution in [0.1, 0.15) is 18.5 Å². The molecule has 2 unspecified atom stereocenters. The number of rotatable bonds is 4. The third kappa shape index (κ3) is 2.79. The minimum absolute atomic E-state index is 0.252. The van der Waals surface area contributed by atoms with Gasteiger partial charge in [-0.1, -0.05) is 19.1 Å². The molecule has 3 nitrogen and oxygen atoms in total. The molecule has 16 heavy (non-hydrogen) atoms. The van der Waals surface area contributed by atoms with E-state index in [0.29, 0.717) is 0 Å². The van der Waals surface area contributed by atoms with Gasteiger partial charge in [-0.05, 0) is 31.8 Å². The van der Waals surface area contributed by atoms with Crippen LogP contribution in [-0.2, 0) is 4.79 Å². The van der Waals surface area contributed by atoms with E-state index in [0.717, 1.165) is 5.56 Å². The molecule has 88 valence electrons. The van der Waals surface area contributed by atoms with Gasteiger partial charge in [0.15, 0.2) is 0 Å². The van der Waals surface area contributed by atoms with E-state index in [2.05, 4.69) is 0 Å². The quantitative estimate of drug-likeness (QED) is 0.853. The third-order valence-corrected chi connectivity index (χ3v) is 2.63. The summed E-state index contributed by atoms with van der Waals surface area (Å²) in [6, 6.07) is 5.69. The molecule has 1 N–H and O–H groups in total. The average molecular weight is 225 g/mol. The summed E-state index contributed by atoms with van der Waals surface area (Å²) in [4.78, 5) is 12.8. The van der Waals surface area contributed by atoms with Crippen LogP contribution in [0.4, 0.5) is 4.39 Å². The minimum atomic E-state index is -0.858. The molecule has 1 aromatic rings. The fourth-order valence-electron chi connectivity index (χ4n) is 1.83. The van der Waals surface area contributed by atoms with E-state index in [1.807, 2.05) is 19.0 Å². The highest BCUT2D eigenvalue weighted by Crippen LogP contribution is 2.26. The smallest absolute Gasteiger partial charge is 0.308 e. The zero-order valence-electron chi connectivity index (χ0n) is 9.64. The molecule has 0 amide bonds. The largest absolute Gasteiger partial charge is 0.481 e. The van der Waals surface area contributed by atoms with E-state index in [-0.39, 0.29) is 11.9 Å². The summed E-state index contributed by atoms with van der Waals surface area (Å²) < 4.78 is 12.8. The molecule has 0 aromatic heterocycles. The van der Waals surface area contributed by atoms with Crippen molar-refractivity contribution in [3.63, 3.8) is 0 Å². The summed E-state index contributed by atoms with van der Waals surface area (Å²) in [7, 11) is 3.63. The predicted octanol–water partition coefficient (Wildman–Crippen LogP) is 2.15. The van der Waals surface area contributed by atoms with Crippen LogP contribution in [0.5, 0.6) is 0 Å². The Kier molecular flexibility index (Phi) is 4.01. The fraction of sp³-hybridized carbons (Fsp3) is 0.417. The highest BCUT2D eigenvalue weighted by Gasteiger charge is 2.26. The van der Waals surface area contributed by atoms with Crippen molar-refractivity contribution in [2.24, 2.45) is 5.92 Å². The molecular weight excluding hydrogens is 209 g/mol. The molecule has 1 aromatic carbocycles. The zero-order valence-corrected chi connectivity index (χ0v) is 9.64. The van der Waals surface area contributed by atoms with Crippen molar-refractivity contribution >= 4 is 5.97 Å². The molecule has 4 heteroatoms. The molecule has 0 saturated heterocycles. The Balaban J connectivity index is 3.03. The van der Waals surface area contributed by atoms with Gasteiger partial charge in [0.05, 0.1) is 5.92 Å². The number of nitrogens with zero attached hydrogens (tertiary/aromatic N) is 1. The van der Waals surface area contributed by atoms with E-state index < -0.39 is 11.9 Å². The van der Waals surface area contributed by atoms with Crippen molar-refractivity contribution in [3.8, 4) is 0 Å². The van der Waals surface area contributed by atoms with Gasteiger partial charge in [-0.2, -0.15) is 0 Å². The van der Waals surface area contributed by atoms with Crippen LogP contribution in [-0.4, -0.2) is 30.1 Å². The first kappa shape index (κ1) is 12.6. The number of aliphatic carboxylic acids is 1. The number of benzene rings is 1. The van der Waals surface area contributed by atoms with Gasteiger partial charge in [-0.3, -0.25) is 4.79 Å². The van der Waals surface area contributed by atoms with Crippen molar-refractivity contribution in [3.05, 3.63) is 35.6 Å². The molecule has 0 heterocycles. The zero-order chi connectivity index (χ0) is 12.3. The second-order valence-electron chi connectivity index (χ2n) is 4.09. The van der Waals surface area contributed by atoms with Gasteiger partial charge < -0.3 is 10.0 Å². The van der Waals surface area contributed by atoms with Crippen LogP contribution in [0.3, 0.4) is 0 Å². The van der Waals surface area contributed by atoms with Gasteiger partial charge in [0, 0.05) is 6.04 Å². The van der Waals surface area contributed by atoms with E-state index in [9.17, 15) is 9.18 Å². The minimum Gasteiger partial charge on any atom is -0.481 e. The lowest BCUT2D eigenvalue weighted by molar-refractivity contribution is -0.143. The summed E-state index contributed by atoms with van der Waals surface area (Å²) >= 11 is 0. The second-order valence-corrected chi connectivity index (χ2v) is 4.09. The molecule has 0 saturated carbocycles. The van der Waals surface area contributed by atoms with E-state index in [1.54, 1.807) is 19.1 Å². The Bertz CT molecular complexity index is 362.